The summed E-state index contributed by atoms with van der Waals surface area (Å²) < 4.78 is 5.87. The highest BCUT2D eigenvalue weighted by atomic mass is 16.5. The summed E-state index contributed by atoms with van der Waals surface area (Å²) in [5.74, 6) is 0.780. The second-order valence-corrected chi connectivity index (χ2v) is 8.72. The predicted molar refractivity (Wildman–Crippen MR) is 129 cm³/mol. The highest BCUT2D eigenvalue weighted by Crippen LogP contribution is 2.16. The van der Waals surface area contributed by atoms with Gasteiger partial charge in [-0.3, -0.25) is 4.79 Å². The topological polar surface area (TPSA) is 38.3 Å². The van der Waals surface area contributed by atoms with E-state index in [-0.39, 0.29) is 5.91 Å². The molecule has 0 aromatic heterocycles. The van der Waals surface area contributed by atoms with Gasteiger partial charge in [0, 0.05) is 6.54 Å². The second-order valence-electron chi connectivity index (χ2n) is 8.72. The van der Waals surface area contributed by atoms with Crippen molar-refractivity contribution in [3.05, 3.63) is 29.8 Å². The maximum Gasteiger partial charge on any atom is 0.261 e. The minimum Gasteiger partial charge on any atom is -0.481 e. The Morgan fingerprint density at radius 3 is 1.87 bits per heavy atom. The fourth-order valence-corrected chi connectivity index (χ4v) is 3.82. The van der Waals surface area contributed by atoms with Crippen molar-refractivity contribution in [2.45, 2.75) is 123 Å². The standard InChI is InChI=1S/C27H47NO2/c1-4-6-7-8-9-10-11-12-13-14-15-16-17-18-22-28-27(29)26(5-2)30-25-21-19-20-24(3)23-25/h19-21,23,26H,4-18,22H2,1-3H3,(H,28,29). The third-order valence-corrected chi connectivity index (χ3v) is 5.76. The fourth-order valence-electron chi connectivity index (χ4n) is 3.82. The monoisotopic (exact) mass is 417 g/mol. The molecule has 0 bridgehead atoms. The molecule has 1 aromatic rings. The van der Waals surface area contributed by atoms with Gasteiger partial charge in [0.25, 0.3) is 5.91 Å². The van der Waals surface area contributed by atoms with E-state index in [1.54, 1.807) is 0 Å². The maximum absolute atomic E-state index is 12.4. The van der Waals surface area contributed by atoms with Crippen LogP contribution in [0, 0.1) is 6.92 Å². The molecule has 1 unspecified atom stereocenters. The lowest BCUT2D eigenvalue weighted by Crippen LogP contribution is -2.38. The summed E-state index contributed by atoms with van der Waals surface area (Å²) in [4.78, 5) is 12.4. The van der Waals surface area contributed by atoms with Crippen LogP contribution in [0.15, 0.2) is 24.3 Å². The van der Waals surface area contributed by atoms with Crippen LogP contribution in [0.25, 0.3) is 0 Å². The van der Waals surface area contributed by atoms with Crippen LogP contribution in [0.2, 0.25) is 0 Å². The van der Waals surface area contributed by atoms with Gasteiger partial charge < -0.3 is 10.1 Å². The molecule has 1 N–H and O–H groups in total. The lowest BCUT2D eigenvalue weighted by Gasteiger charge is -2.17. The first-order valence-corrected chi connectivity index (χ1v) is 12.7. The largest absolute Gasteiger partial charge is 0.481 e. The van der Waals surface area contributed by atoms with E-state index in [4.69, 9.17) is 4.74 Å². The van der Waals surface area contributed by atoms with Gasteiger partial charge in [-0.1, -0.05) is 109 Å². The Kier molecular flexibility index (Phi) is 16.2. The van der Waals surface area contributed by atoms with Gasteiger partial charge in [0.2, 0.25) is 0 Å². The third kappa shape index (κ3) is 13.7. The molecule has 0 spiro atoms. The normalized spacial score (nSPS) is 12.0. The van der Waals surface area contributed by atoms with Gasteiger partial charge in [0.1, 0.15) is 5.75 Å². The molecule has 0 saturated carbocycles. The summed E-state index contributed by atoms with van der Waals surface area (Å²) in [6.45, 7) is 7.06. The molecule has 0 radical (unpaired) electrons. The number of amides is 1. The van der Waals surface area contributed by atoms with E-state index in [0.717, 1.165) is 24.3 Å². The molecular weight excluding hydrogens is 370 g/mol. The maximum atomic E-state index is 12.4. The highest BCUT2D eigenvalue weighted by Gasteiger charge is 2.17. The number of carbonyl (C=O) groups is 1. The van der Waals surface area contributed by atoms with E-state index < -0.39 is 6.10 Å². The Balaban J connectivity index is 1.94. The van der Waals surface area contributed by atoms with Gasteiger partial charge in [-0.2, -0.15) is 0 Å². The Morgan fingerprint density at radius 2 is 1.37 bits per heavy atom. The van der Waals surface area contributed by atoms with Crippen LogP contribution >= 0.6 is 0 Å². The van der Waals surface area contributed by atoms with E-state index in [1.807, 2.05) is 38.1 Å². The SMILES string of the molecule is CCCCCCCCCCCCCCCCNC(=O)C(CC)Oc1cccc(C)c1. The molecule has 30 heavy (non-hydrogen) atoms. The zero-order valence-electron chi connectivity index (χ0n) is 20.0. The van der Waals surface area contributed by atoms with Gasteiger partial charge in [0.15, 0.2) is 6.10 Å². The molecule has 0 aliphatic rings. The molecule has 0 fully saturated rings. The smallest absolute Gasteiger partial charge is 0.261 e. The van der Waals surface area contributed by atoms with Crippen LogP contribution in [0.5, 0.6) is 5.75 Å². The van der Waals surface area contributed by atoms with E-state index in [0.29, 0.717) is 6.42 Å². The number of nitrogens with one attached hydrogen (secondary N) is 1. The van der Waals surface area contributed by atoms with E-state index in [2.05, 4.69) is 12.2 Å². The minimum atomic E-state index is -0.404. The summed E-state index contributed by atoms with van der Waals surface area (Å²) >= 11 is 0. The molecule has 3 heteroatoms. The van der Waals surface area contributed by atoms with Crippen LogP contribution in [-0.2, 0) is 4.79 Å². The van der Waals surface area contributed by atoms with Crippen molar-refractivity contribution in [3.63, 3.8) is 0 Å². The zero-order chi connectivity index (χ0) is 21.9. The van der Waals surface area contributed by atoms with Crippen LogP contribution in [-0.4, -0.2) is 18.6 Å². The number of ether oxygens (including phenoxy) is 1. The lowest BCUT2D eigenvalue weighted by atomic mass is 10.0. The number of unbranched alkanes of at least 4 members (excludes halogenated alkanes) is 13. The summed E-state index contributed by atoms with van der Waals surface area (Å²) in [7, 11) is 0. The van der Waals surface area contributed by atoms with Gasteiger partial charge in [-0.25, -0.2) is 0 Å². The molecule has 0 heterocycles. The van der Waals surface area contributed by atoms with E-state index >= 15 is 0 Å². The molecule has 172 valence electrons. The zero-order valence-corrected chi connectivity index (χ0v) is 20.0. The Morgan fingerprint density at radius 1 is 0.833 bits per heavy atom. The average molecular weight is 418 g/mol. The van der Waals surface area contributed by atoms with Crippen LogP contribution in [0.4, 0.5) is 0 Å². The number of hydrogen-bond acceptors (Lipinski definition) is 2. The highest BCUT2D eigenvalue weighted by molar-refractivity contribution is 5.81. The van der Waals surface area contributed by atoms with Crippen LogP contribution in [0.3, 0.4) is 0 Å². The molecule has 0 aliphatic carbocycles. The van der Waals surface area contributed by atoms with Crippen LogP contribution < -0.4 is 10.1 Å². The number of benzene rings is 1. The number of carbonyl (C=O) groups excluding carboxylic acids is 1. The second kappa shape index (κ2) is 18.3. The average Bonchev–Trinajstić information content (AvgIpc) is 2.74. The van der Waals surface area contributed by atoms with Crippen molar-refractivity contribution in [1.29, 1.82) is 0 Å². The number of aryl methyl sites for hydroxylation is 1. The summed E-state index contributed by atoms with van der Waals surface area (Å²) in [5, 5.41) is 3.05. The van der Waals surface area contributed by atoms with Crippen LogP contribution in [0.1, 0.15) is 116 Å². The fraction of sp³-hybridized carbons (Fsp3) is 0.741. The molecule has 0 aliphatic heterocycles. The quantitative estimate of drug-likeness (QED) is 0.234. The van der Waals surface area contributed by atoms with Gasteiger partial charge >= 0.3 is 0 Å². The Labute approximate surface area is 186 Å². The molecule has 1 amide bonds. The molecule has 1 aromatic carbocycles. The van der Waals surface area contributed by atoms with E-state index in [1.165, 1.54) is 83.5 Å². The molecule has 0 saturated heterocycles. The number of hydrogen-bond donors (Lipinski definition) is 1. The van der Waals surface area contributed by atoms with Crippen molar-refractivity contribution in [1.82, 2.24) is 5.32 Å². The summed E-state index contributed by atoms with van der Waals surface area (Å²) in [5.41, 5.74) is 1.14. The van der Waals surface area contributed by atoms with Crippen molar-refractivity contribution in [2.75, 3.05) is 6.54 Å². The van der Waals surface area contributed by atoms with Crippen molar-refractivity contribution in [3.8, 4) is 5.75 Å². The first kappa shape index (κ1) is 26.5. The van der Waals surface area contributed by atoms with Gasteiger partial charge in [0.05, 0.1) is 0 Å². The predicted octanol–water partition coefficient (Wildman–Crippen LogP) is 7.75. The molecule has 1 rings (SSSR count). The lowest BCUT2D eigenvalue weighted by molar-refractivity contribution is -0.128. The Hall–Kier alpha value is -1.51. The van der Waals surface area contributed by atoms with Gasteiger partial charge in [-0.05, 0) is 37.5 Å². The first-order valence-electron chi connectivity index (χ1n) is 12.7. The minimum absolute atomic E-state index is 0.00806. The first-order chi connectivity index (χ1) is 14.7. The van der Waals surface area contributed by atoms with Crippen molar-refractivity contribution in [2.24, 2.45) is 0 Å². The molecule has 3 nitrogen and oxygen atoms in total. The van der Waals surface area contributed by atoms with Crippen molar-refractivity contribution >= 4 is 5.91 Å². The Bertz CT molecular complexity index is 543. The van der Waals surface area contributed by atoms with E-state index in [9.17, 15) is 4.79 Å². The molecule has 1 atom stereocenters. The summed E-state index contributed by atoms with van der Waals surface area (Å²) in [6, 6.07) is 7.88. The third-order valence-electron chi connectivity index (χ3n) is 5.76. The number of rotatable bonds is 19. The summed E-state index contributed by atoms with van der Waals surface area (Å²) in [6.07, 6.45) is 19.2. The van der Waals surface area contributed by atoms with Gasteiger partial charge in [-0.15, -0.1) is 0 Å². The molecular formula is C27H47NO2. The van der Waals surface area contributed by atoms with Crippen molar-refractivity contribution < 1.29 is 9.53 Å².